The third kappa shape index (κ3) is 4.47. The highest BCUT2D eigenvalue weighted by molar-refractivity contribution is 7.90. The summed E-state index contributed by atoms with van der Waals surface area (Å²) in [5.74, 6) is 0. The van der Waals surface area contributed by atoms with Gasteiger partial charge >= 0.3 is 11.4 Å². The molecule has 0 aromatic carbocycles. The second-order valence-electron chi connectivity index (χ2n) is 6.14. The summed E-state index contributed by atoms with van der Waals surface area (Å²) in [6, 6.07) is 0. The third-order valence-corrected chi connectivity index (χ3v) is 10.0. The Morgan fingerprint density at radius 1 is 0.812 bits per heavy atom. The van der Waals surface area contributed by atoms with Crippen LogP contribution < -0.4 is 9.80 Å². The van der Waals surface area contributed by atoms with Crippen LogP contribution in [0.25, 0.3) is 0 Å². The first kappa shape index (κ1) is 24.8. The molecular weight excluding hydrogens is 543 g/mol. The normalized spacial score (nSPS) is 15.9. The van der Waals surface area contributed by atoms with Gasteiger partial charge in [-0.15, -0.1) is 22.7 Å². The van der Waals surface area contributed by atoms with Crippen molar-refractivity contribution >= 4 is 90.2 Å². The zero-order chi connectivity index (χ0) is 23.7. The van der Waals surface area contributed by atoms with E-state index < -0.39 is 31.4 Å². The summed E-state index contributed by atoms with van der Waals surface area (Å²) in [6.45, 7) is 7.77. The number of halogens is 2. The SMILES string of the molecule is C=C[S@](=O)c1sc(Cl)c(N2CCN(c3c(Cl)sc([S@@](=O)C=C)c3[N+](=O)[O-])CC2)c1[N+](=O)[O-]. The summed E-state index contributed by atoms with van der Waals surface area (Å²) in [5.41, 5.74) is -0.360. The topological polar surface area (TPSA) is 127 Å². The Hall–Kier alpha value is -1.84. The minimum Gasteiger partial charge on any atom is -0.360 e. The monoisotopic (exact) mass is 556 g/mol. The van der Waals surface area contributed by atoms with Crippen molar-refractivity contribution in [3.63, 3.8) is 0 Å². The van der Waals surface area contributed by atoms with Gasteiger partial charge in [-0.05, 0) is 0 Å². The lowest BCUT2D eigenvalue weighted by Gasteiger charge is -2.36. The molecule has 0 bridgehead atoms. The van der Waals surface area contributed by atoms with Crippen LogP contribution in [0.15, 0.2) is 32.4 Å². The van der Waals surface area contributed by atoms with Crippen molar-refractivity contribution in [3.8, 4) is 0 Å². The van der Waals surface area contributed by atoms with Gasteiger partial charge in [0.15, 0.2) is 8.42 Å². The Kier molecular flexibility index (Phi) is 7.73. The second-order valence-corrected chi connectivity index (χ2v) is 12.6. The molecule has 3 rings (SSSR count). The number of hydrogen-bond donors (Lipinski definition) is 0. The first-order valence-electron chi connectivity index (χ1n) is 8.61. The van der Waals surface area contributed by atoms with E-state index in [1.54, 1.807) is 9.80 Å². The van der Waals surface area contributed by atoms with E-state index in [0.717, 1.165) is 33.5 Å². The zero-order valence-corrected chi connectivity index (χ0v) is 20.8. The van der Waals surface area contributed by atoms with Crippen LogP contribution in [0.1, 0.15) is 0 Å². The van der Waals surface area contributed by atoms with Gasteiger partial charge in [0.1, 0.15) is 20.0 Å². The molecule has 0 radical (unpaired) electrons. The first-order chi connectivity index (χ1) is 15.1. The molecule has 1 aliphatic heterocycles. The maximum Gasteiger partial charge on any atom is 0.321 e. The van der Waals surface area contributed by atoms with Gasteiger partial charge in [-0.1, -0.05) is 36.4 Å². The number of nitrogens with zero attached hydrogens (tertiary/aromatic N) is 4. The van der Waals surface area contributed by atoms with E-state index >= 15 is 0 Å². The van der Waals surface area contributed by atoms with Crippen LogP contribution in [0, 0.1) is 20.2 Å². The Balaban J connectivity index is 1.94. The van der Waals surface area contributed by atoms with Crippen molar-refractivity contribution in [2.75, 3.05) is 36.0 Å². The van der Waals surface area contributed by atoms with E-state index in [4.69, 9.17) is 23.2 Å². The van der Waals surface area contributed by atoms with Gasteiger partial charge in [0.2, 0.25) is 0 Å². The first-order valence-corrected chi connectivity index (χ1v) is 13.4. The molecule has 2 aromatic heterocycles. The van der Waals surface area contributed by atoms with Crippen LogP contribution in [-0.4, -0.2) is 44.4 Å². The molecular formula is C16H14Cl2N4O6S4. The number of piperazine rings is 1. The molecule has 0 aliphatic carbocycles. The van der Waals surface area contributed by atoms with Crippen molar-refractivity contribution in [2.24, 2.45) is 0 Å². The van der Waals surface area contributed by atoms with Gasteiger partial charge in [0.25, 0.3) is 0 Å². The van der Waals surface area contributed by atoms with Crippen molar-refractivity contribution in [2.45, 2.75) is 8.42 Å². The minimum absolute atomic E-state index is 0.000456. The standard InChI is InChI=1S/C16H14Cl2N4O6S4/c1-3-31(27)15-11(21(23)24)9(13(17)29-15)19-5-7-20(8-6-19)10-12(22(25)26)16(30-14(10)18)32(28)4-2/h3-4H,1-2,5-8H2/t31-,32-/m0/s1. The number of anilines is 2. The summed E-state index contributed by atoms with van der Waals surface area (Å²) < 4.78 is 24.5. The van der Waals surface area contributed by atoms with E-state index in [-0.39, 0.29) is 66.0 Å². The van der Waals surface area contributed by atoms with E-state index in [0.29, 0.717) is 0 Å². The van der Waals surface area contributed by atoms with Crippen LogP contribution in [0.2, 0.25) is 8.67 Å². The van der Waals surface area contributed by atoms with Crippen LogP contribution in [-0.2, 0) is 21.6 Å². The summed E-state index contributed by atoms with van der Waals surface area (Å²) in [6.07, 6.45) is 0. The van der Waals surface area contributed by atoms with Gasteiger partial charge in [0.05, 0.1) is 31.4 Å². The Morgan fingerprint density at radius 3 is 1.38 bits per heavy atom. The molecule has 0 spiro atoms. The smallest absolute Gasteiger partial charge is 0.321 e. The summed E-state index contributed by atoms with van der Waals surface area (Å²) >= 11 is 14.2. The molecule has 0 N–H and O–H groups in total. The molecule has 1 aliphatic rings. The molecule has 16 heteroatoms. The number of hydrogen-bond acceptors (Lipinski definition) is 10. The van der Waals surface area contributed by atoms with Crippen LogP contribution >= 0.6 is 45.9 Å². The van der Waals surface area contributed by atoms with Crippen molar-refractivity contribution in [1.29, 1.82) is 0 Å². The van der Waals surface area contributed by atoms with Crippen molar-refractivity contribution in [1.82, 2.24) is 0 Å². The second kappa shape index (κ2) is 9.97. The predicted molar refractivity (Wildman–Crippen MR) is 130 cm³/mol. The fourth-order valence-corrected chi connectivity index (χ4v) is 8.44. The van der Waals surface area contributed by atoms with E-state index in [2.05, 4.69) is 13.2 Å². The molecule has 1 saturated heterocycles. The van der Waals surface area contributed by atoms with Gasteiger partial charge in [-0.25, -0.2) is 8.42 Å². The molecule has 10 nitrogen and oxygen atoms in total. The fraction of sp³-hybridized carbons (Fsp3) is 0.250. The molecule has 1 fully saturated rings. The summed E-state index contributed by atoms with van der Waals surface area (Å²) in [7, 11) is -3.55. The van der Waals surface area contributed by atoms with Crippen LogP contribution in [0.3, 0.4) is 0 Å². The number of rotatable bonds is 8. The lowest BCUT2D eigenvalue weighted by Crippen LogP contribution is -2.46. The Bertz CT molecular complexity index is 1080. The Morgan fingerprint density at radius 2 is 1.12 bits per heavy atom. The van der Waals surface area contributed by atoms with Crippen LogP contribution in [0.4, 0.5) is 22.7 Å². The van der Waals surface area contributed by atoms with Gasteiger partial charge in [0, 0.05) is 37.0 Å². The third-order valence-electron chi connectivity index (χ3n) is 4.52. The van der Waals surface area contributed by atoms with Crippen molar-refractivity contribution < 1.29 is 18.3 Å². The fourth-order valence-electron chi connectivity index (χ4n) is 3.18. The molecule has 32 heavy (non-hydrogen) atoms. The van der Waals surface area contributed by atoms with Crippen molar-refractivity contribution in [3.05, 3.63) is 52.9 Å². The van der Waals surface area contributed by atoms with Gasteiger partial charge in [-0.2, -0.15) is 0 Å². The molecule has 172 valence electrons. The maximum atomic E-state index is 12.1. The molecule has 2 aromatic rings. The lowest BCUT2D eigenvalue weighted by molar-refractivity contribution is -0.386. The van der Waals surface area contributed by atoms with Crippen LogP contribution in [0.5, 0.6) is 0 Å². The highest BCUT2D eigenvalue weighted by atomic mass is 35.5. The quantitative estimate of drug-likeness (QED) is 0.336. The molecule has 2 atom stereocenters. The largest absolute Gasteiger partial charge is 0.360 e. The maximum absolute atomic E-state index is 12.1. The van der Waals surface area contributed by atoms with Gasteiger partial charge < -0.3 is 9.80 Å². The lowest BCUT2D eigenvalue weighted by atomic mass is 10.2. The zero-order valence-electron chi connectivity index (χ0n) is 16.0. The highest BCUT2D eigenvalue weighted by Gasteiger charge is 2.37. The van der Waals surface area contributed by atoms with E-state index in [1.807, 2.05) is 0 Å². The average molecular weight is 557 g/mol. The summed E-state index contributed by atoms with van der Waals surface area (Å²) in [4.78, 5) is 25.5. The molecule has 0 saturated carbocycles. The van der Waals surface area contributed by atoms with E-state index in [1.165, 1.54) is 0 Å². The highest BCUT2D eigenvalue weighted by Crippen LogP contribution is 2.49. The van der Waals surface area contributed by atoms with Gasteiger partial charge in [-0.3, -0.25) is 20.2 Å². The molecule has 0 amide bonds. The molecule has 3 heterocycles. The summed E-state index contributed by atoms with van der Waals surface area (Å²) in [5, 5.41) is 25.6. The molecule has 0 unspecified atom stereocenters. The number of nitro groups is 2. The van der Waals surface area contributed by atoms with E-state index in [9.17, 15) is 28.6 Å². The average Bonchev–Trinajstić information content (AvgIpc) is 3.30. The minimum atomic E-state index is -1.78. The Labute approximate surface area is 204 Å². The predicted octanol–water partition coefficient (Wildman–Crippen LogP) is 4.76. The number of thiophene rings is 2.